The second-order valence-corrected chi connectivity index (χ2v) is 3.63. The van der Waals surface area contributed by atoms with Crippen molar-refractivity contribution in [3.8, 4) is 0 Å². The molecule has 2 rings (SSSR count). The molecule has 0 N–H and O–H groups in total. The highest BCUT2D eigenvalue weighted by Gasteiger charge is 2.10. The Morgan fingerprint density at radius 1 is 1.38 bits per heavy atom. The lowest BCUT2D eigenvalue weighted by atomic mass is 10.1. The van der Waals surface area contributed by atoms with Gasteiger partial charge in [-0.05, 0) is 26.2 Å². The Bertz CT molecular complexity index is 368. The minimum Gasteiger partial charge on any atom is -0.336 e. The Morgan fingerprint density at radius 2 is 2.23 bits per heavy atom. The third kappa shape index (κ3) is 1.50. The maximum Gasteiger partial charge on any atom is 0.275 e. The van der Waals surface area contributed by atoms with Gasteiger partial charge in [-0.3, -0.25) is 4.79 Å². The van der Waals surface area contributed by atoms with E-state index in [4.69, 9.17) is 0 Å². The standard InChI is InChI=1S/C10H14N2O/c1-8-9-5-3-2-4-6-12(9)7-11-10(8)13/h7H,2-6H2,1H3. The fraction of sp³-hybridized carbons (Fsp3) is 0.600. The predicted molar refractivity (Wildman–Crippen MR) is 50.8 cm³/mol. The molecule has 3 nitrogen and oxygen atoms in total. The minimum atomic E-state index is -0.0619. The third-order valence-corrected chi connectivity index (χ3v) is 2.73. The van der Waals surface area contributed by atoms with E-state index in [2.05, 4.69) is 9.55 Å². The number of nitrogens with zero attached hydrogens (tertiary/aromatic N) is 2. The summed E-state index contributed by atoms with van der Waals surface area (Å²) in [6.45, 7) is 2.90. The van der Waals surface area contributed by atoms with E-state index < -0.39 is 0 Å². The van der Waals surface area contributed by atoms with Gasteiger partial charge in [0.15, 0.2) is 0 Å². The van der Waals surface area contributed by atoms with Crippen LogP contribution in [0.2, 0.25) is 0 Å². The van der Waals surface area contributed by atoms with Gasteiger partial charge < -0.3 is 4.57 Å². The van der Waals surface area contributed by atoms with Gasteiger partial charge in [-0.15, -0.1) is 0 Å². The molecular weight excluding hydrogens is 164 g/mol. The highest BCUT2D eigenvalue weighted by atomic mass is 16.1. The smallest absolute Gasteiger partial charge is 0.275 e. The Balaban J connectivity index is 2.54. The molecule has 70 valence electrons. The zero-order valence-corrected chi connectivity index (χ0v) is 7.92. The number of rotatable bonds is 0. The second kappa shape index (κ2) is 3.32. The molecule has 1 aromatic rings. The molecule has 1 aromatic heterocycles. The fourth-order valence-electron chi connectivity index (χ4n) is 1.90. The van der Waals surface area contributed by atoms with Crippen LogP contribution in [0.5, 0.6) is 0 Å². The van der Waals surface area contributed by atoms with Crippen LogP contribution in [0.25, 0.3) is 0 Å². The maximum absolute atomic E-state index is 11.3. The molecule has 0 atom stereocenters. The molecule has 0 fully saturated rings. The molecule has 0 radical (unpaired) electrons. The first-order chi connectivity index (χ1) is 6.29. The minimum absolute atomic E-state index is 0.0619. The summed E-state index contributed by atoms with van der Waals surface area (Å²) in [7, 11) is 0. The van der Waals surface area contributed by atoms with E-state index in [1.54, 1.807) is 6.33 Å². The lowest BCUT2D eigenvalue weighted by Gasteiger charge is -2.10. The van der Waals surface area contributed by atoms with Crippen molar-refractivity contribution in [2.24, 2.45) is 0 Å². The molecule has 0 amide bonds. The lowest BCUT2D eigenvalue weighted by molar-refractivity contribution is 0.619. The second-order valence-electron chi connectivity index (χ2n) is 3.63. The van der Waals surface area contributed by atoms with E-state index in [1.165, 1.54) is 25.0 Å². The van der Waals surface area contributed by atoms with Crippen LogP contribution in [0.1, 0.15) is 30.5 Å². The van der Waals surface area contributed by atoms with Crippen molar-refractivity contribution in [2.75, 3.05) is 0 Å². The molecule has 0 aromatic carbocycles. The predicted octanol–water partition coefficient (Wildman–Crippen LogP) is 1.28. The molecule has 1 aliphatic heterocycles. The van der Waals surface area contributed by atoms with Crippen molar-refractivity contribution in [3.05, 3.63) is 27.9 Å². The van der Waals surface area contributed by atoms with Gasteiger partial charge in [0.05, 0.1) is 6.33 Å². The van der Waals surface area contributed by atoms with Crippen molar-refractivity contribution in [1.29, 1.82) is 0 Å². The molecule has 0 saturated heterocycles. The van der Waals surface area contributed by atoms with Crippen molar-refractivity contribution in [1.82, 2.24) is 9.55 Å². The average Bonchev–Trinajstić information content (AvgIpc) is 2.36. The first-order valence-electron chi connectivity index (χ1n) is 4.84. The Hall–Kier alpha value is -1.12. The Labute approximate surface area is 77.4 Å². The highest BCUT2D eigenvalue weighted by molar-refractivity contribution is 5.16. The monoisotopic (exact) mass is 178 g/mol. The molecule has 0 unspecified atom stereocenters. The molecule has 1 aliphatic rings. The van der Waals surface area contributed by atoms with E-state index in [-0.39, 0.29) is 5.56 Å². The zero-order chi connectivity index (χ0) is 9.26. The summed E-state index contributed by atoms with van der Waals surface area (Å²) in [5.41, 5.74) is 1.97. The van der Waals surface area contributed by atoms with Crippen molar-refractivity contribution in [3.63, 3.8) is 0 Å². The molecule has 0 spiro atoms. The van der Waals surface area contributed by atoms with Gasteiger partial charge in [0.25, 0.3) is 5.56 Å². The normalized spacial score (nSPS) is 16.4. The number of hydrogen-bond donors (Lipinski definition) is 0. The average molecular weight is 178 g/mol. The van der Waals surface area contributed by atoms with Gasteiger partial charge in [-0.1, -0.05) is 6.42 Å². The van der Waals surface area contributed by atoms with Gasteiger partial charge in [0.1, 0.15) is 0 Å². The van der Waals surface area contributed by atoms with Crippen LogP contribution in [-0.2, 0) is 13.0 Å². The first kappa shape index (κ1) is 8.48. The summed E-state index contributed by atoms with van der Waals surface area (Å²) >= 11 is 0. The third-order valence-electron chi connectivity index (χ3n) is 2.73. The van der Waals surface area contributed by atoms with Gasteiger partial charge in [0, 0.05) is 17.8 Å². The van der Waals surface area contributed by atoms with Crippen LogP contribution < -0.4 is 5.56 Å². The van der Waals surface area contributed by atoms with E-state index >= 15 is 0 Å². The summed E-state index contributed by atoms with van der Waals surface area (Å²) in [5, 5.41) is 0. The molecule has 0 aliphatic carbocycles. The van der Waals surface area contributed by atoms with Gasteiger partial charge in [-0.25, -0.2) is 0 Å². The van der Waals surface area contributed by atoms with Crippen molar-refractivity contribution in [2.45, 2.75) is 39.2 Å². The molecule has 0 saturated carbocycles. The number of hydrogen-bond acceptors (Lipinski definition) is 2. The van der Waals surface area contributed by atoms with Gasteiger partial charge in [-0.2, -0.15) is 4.98 Å². The highest BCUT2D eigenvalue weighted by Crippen LogP contribution is 2.14. The first-order valence-corrected chi connectivity index (χ1v) is 4.84. The quantitative estimate of drug-likeness (QED) is 0.599. The van der Waals surface area contributed by atoms with Crippen LogP contribution in [0, 0.1) is 6.92 Å². The number of aryl methyl sites for hydroxylation is 1. The van der Waals surface area contributed by atoms with E-state index in [9.17, 15) is 4.79 Å². The molecule has 2 heterocycles. The Kier molecular flexibility index (Phi) is 2.17. The van der Waals surface area contributed by atoms with Crippen molar-refractivity contribution < 1.29 is 0 Å². The van der Waals surface area contributed by atoms with Crippen LogP contribution in [0.3, 0.4) is 0 Å². The maximum atomic E-state index is 11.3. The van der Waals surface area contributed by atoms with Gasteiger partial charge in [0.2, 0.25) is 0 Å². The summed E-state index contributed by atoms with van der Waals surface area (Å²) < 4.78 is 2.13. The molecule has 0 bridgehead atoms. The molecular formula is C10H14N2O. The van der Waals surface area contributed by atoms with Crippen LogP contribution in [-0.4, -0.2) is 9.55 Å². The topological polar surface area (TPSA) is 34.9 Å². The summed E-state index contributed by atoms with van der Waals surface area (Å²) in [4.78, 5) is 15.1. The summed E-state index contributed by atoms with van der Waals surface area (Å²) in [6, 6.07) is 0. The molecule has 13 heavy (non-hydrogen) atoms. The molecule has 3 heteroatoms. The number of fused-ring (bicyclic) bond motifs is 1. The van der Waals surface area contributed by atoms with E-state index in [0.29, 0.717) is 0 Å². The van der Waals surface area contributed by atoms with Crippen molar-refractivity contribution >= 4 is 0 Å². The van der Waals surface area contributed by atoms with Gasteiger partial charge >= 0.3 is 0 Å². The fourth-order valence-corrected chi connectivity index (χ4v) is 1.90. The summed E-state index contributed by atoms with van der Waals surface area (Å²) in [6.07, 6.45) is 6.39. The van der Waals surface area contributed by atoms with Crippen LogP contribution >= 0.6 is 0 Å². The summed E-state index contributed by atoms with van der Waals surface area (Å²) in [5.74, 6) is 0. The van der Waals surface area contributed by atoms with Crippen LogP contribution in [0.15, 0.2) is 11.1 Å². The van der Waals surface area contributed by atoms with E-state index in [1.807, 2.05) is 6.92 Å². The van der Waals surface area contributed by atoms with E-state index in [0.717, 1.165) is 18.5 Å². The zero-order valence-electron chi connectivity index (χ0n) is 7.92. The SMILES string of the molecule is Cc1c2n(cnc1=O)CCCCC2. The lowest BCUT2D eigenvalue weighted by Crippen LogP contribution is -2.18. The number of aromatic nitrogens is 2. The Morgan fingerprint density at radius 3 is 3.08 bits per heavy atom. The largest absolute Gasteiger partial charge is 0.336 e. The van der Waals surface area contributed by atoms with Crippen LogP contribution in [0.4, 0.5) is 0 Å².